The summed E-state index contributed by atoms with van der Waals surface area (Å²) in [6.45, 7) is 0.464. The van der Waals surface area contributed by atoms with Gasteiger partial charge >= 0.3 is 0 Å². The summed E-state index contributed by atoms with van der Waals surface area (Å²) in [5.41, 5.74) is 0.959. The lowest BCUT2D eigenvalue weighted by molar-refractivity contribution is -0.151. The second-order valence-electron chi connectivity index (χ2n) is 7.33. The Bertz CT molecular complexity index is 897. The number of nitrogens with one attached hydrogen (secondary N) is 2. The van der Waals surface area contributed by atoms with Gasteiger partial charge in [0, 0.05) is 19.0 Å². The summed E-state index contributed by atoms with van der Waals surface area (Å²) in [6.07, 6.45) is 1.52. The summed E-state index contributed by atoms with van der Waals surface area (Å²) in [5.74, 6) is 0.407. The summed E-state index contributed by atoms with van der Waals surface area (Å²) in [4.78, 5) is 40.3. The monoisotopic (exact) mass is 413 g/mol. The minimum Gasteiger partial charge on any atom is -0.497 e. The third kappa shape index (κ3) is 4.12. The Morgan fingerprint density at radius 1 is 1.28 bits per heavy atom. The number of hydrogen-bond donors (Lipinski definition) is 2. The molecule has 0 bridgehead atoms. The molecule has 3 heterocycles. The molecule has 2 saturated heterocycles. The summed E-state index contributed by atoms with van der Waals surface area (Å²) in [6, 6.07) is 9.87. The quantitative estimate of drug-likeness (QED) is 0.779. The Labute approximate surface area is 173 Å². The Kier molecular flexibility index (Phi) is 5.53. The van der Waals surface area contributed by atoms with E-state index >= 15 is 0 Å². The second kappa shape index (κ2) is 8.24. The predicted octanol–water partition coefficient (Wildman–Crippen LogP) is 1.59. The number of fused-ring (bicyclic) bond motifs is 1. The van der Waals surface area contributed by atoms with Crippen molar-refractivity contribution < 1.29 is 19.1 Å². The van der Waals surface area contributed by atoms with Gasteiger partial charge in [-0.25, -0.2) is 0 Å². The van der Waals surface area contributed by atoms with Crippen LogP contribution in [0.4, 0.5) is 0 Å². The molecule has 0 saturated carbocycles. The zero-order valence-corrected chi connectivity index (χ0v) is 16.9. The van der Waals surface area contributed by atoms with E-state index in [-0.39, 0.29) is 23.8 Å². The lowest BCUT2D eigenvalue weighted by atomic mass is 9.91. The van der Waals surface area contributed by atoms with Gasteiger partial charge in [0.15, 0.2) is 0 Å². The van der Waals surface area contributed by atoms with Crippen LogP contribution in [0.3, 0.4) is 0 Å². The van der Waals surface area contributed by atoms with E-state index in [1.807, 2.05) is 35.7 Å². The minimum atomic E-state index is -0.565. The highest BCUT2D eigenvalue weighted by molar-refractivity contribution is 7.12. The summed E-state index contributed by atoms with van der Waals surface area (Å²) >= 11 is 1.38. The predicted molar refractivity (Wildman–Crippen MR) is 109 cm³/mol. The number of carbonyl (C=O) groups is 3. The molecule has 2 N–H and O–H groups in total. The van der Waals surface area contributed by atoms with Crippen LogP contribution in [0.1, 0.15) is 28.1 Å². The van der Waals surface area contributed by atoms with Gasteiger partial charge in [-0.3, -0.25) is 14.4 Å². The molecule has 3 atom stereocenters. The molecule has 2 aliphatic heterocycles. The molecule has 8 heteroatoms. The summed E-state index contributed by atoms with van der Waals surface area (Å²) in [7, 11) is 1.60. The fourth-order valence-electron chi connectivity index (χ4n) is 3.94. The molecule has 0 aliphatic carbocycles. The van der Waals surface area contributed by atoms with Gasteiger partial charge in [0.2, 0.25) is 11.8 Å². The Morgan fingerprint density at radius 3 is 2.76 bits per heavy atom. The molecular formula is C21H23N3O4S. The minimum absolute atomic E-state index is 0.0616. The number of thiophene rings is 1. The molecule has 2 fully saturated rings. The number of ether oxygens (including phenoxy) is 1. The SMILES string of the molecule is COc1ccc(C[C@H]2NC(=O)[C@@H]3C[C@@H](NC(=O)c4cccs4)CCN3C2=O)cc1. The Balaban J connectivity index is 1.38. The Morgan fingerprint density at radius 2 is 2.07 bits per heavy atom. The average Bonchev–Trinajstić information content (AvgIpc) is 3.27. The van der Waals surface area contributed by atoms with Crippen molar-refractivity contribution in [1.82, 2.24) is 15.5 Å². The van der Waals surface area contributed by atoms with Gasteiger partial charge in [-0.05, 0) is 42.0 Å². The van der Waals surface area contributed by atoms with Crippen LogP contribution >= 0.6 is 11.3 Å². The third-order valence-electron chi connectivity index (χ3n) is 5.48. The Hall–Kier alpha value is -2.87. The van der Waals surface area contributed by atoms with Gasteiger partial charge in [-0.15, -0.1) is 11.3 Å². The van der Waals surface area contributed by atoms with Crippen molar-refractivity contribution in [1.29, 1.82) is 0 Å². The zero-order chi connectivity index (χ0) is 20.4. The third-order valence-corrected chi connectivity index (χ3v) is 6.35. The van der Waals surface area contributed by atoms with Crippen molar-refractivity contribution in [2.45, 2.75) is 37.4 Å². The smallest absolute Gasteiger partial charge is 0.261 e. The number of piperazine rings is 1. The molecule has 1 aromatic carbocycles. The van der Waals surface area contributed by atoms with Crippen LogP contribution in [0.5, 0.6) is 5.75 Å². The van der Waals surface area contributed by atoms with E-state index < -0.39 is 12.1 Å². The zero-order valence-electron chi connectivity index (χ0n) is 16.1. The lowest BCUT2D eigenvalue weighted by Gasteiger charge is -2.44. The van der Waals surface area contributed by atoms with Crippen molar-refractivity contribution in [3.63, 3.8) is 0 Å². The summed E-state index contributed by atoms with van der Waals surface area (Å²) < 4.78 is 5.15. The van der Waals surface area contributed by atoms with E-state index in [4.69, 9.17) is 4.74 Å². The molecule has 0 radical (unpaired) electrons. The van der Waals surface area contributed by atoms with E-state index in [1.165, 1.54) is 11.3 Å². The topological polar surface area (TPSA) is 87.7 Å². The van der Waals surface area contributed by atoms with Gasteiger partial charge in [0.25, 0.3) is 5.91 Å². The van der Waals surface area contributed by atoms with Crippen LogP contribution < -0.4 is 15.4 Å². The van der Waals surface area contributed by atoms with Crippen LogP contribution in [-0.2, 0) is 16.0 Å². The lowest BCUT2D eigenvalue weighted by Crippen LogP contribution is -2.67. The molecule has 152 valence electrons. The van der Waals surface area contributed by atoms with Crippen molar-refractivity contribution in [3.8, 4) is 5.75 Å². The number of piperidine rings is 1. The van der Waals surface area contributed by atoms with Gasteiger partial charge in [-0.1, -0.05) is 18.2 Å². The standard InChI is InChI=1S/C21H23N3O4S/c1-28-15-6-4-13(5-7-15)11-16-21(27)24-9-8-14(12-17(24)19(25)23-16)22-20(26)18-3-2-10-29-18/h2-7,10,14,16-17H,8-9,11-12H2,1H3,(H,22,26)(H,23,25)/t14-,16+,17-/m0/s1. The van der Waals surface area contributed by atoms with Crippen molar-refractivity contribution in [2.75, 3.05) is 13.7 Å². The van der Waals surface area contributed by atoms with Crippen LogP contribution in [-0.4, -0.2) is 54.4 Å². The fraction of sp³-hybridized carbons (Fsp3) is 0.381. The van der Waals surface area contributed by atoms with E-state index in [0.717, 1.165) is 11.3 Å². The van der Waals surface area contributed by atoms with Crippen molar-refractivity contribution >= 4 is 29.1 Å². The van der Waals surface area contributed by atoms with Crippen LogP contribution in [0, 0.1) is 0 Å². The number of hydrogen-bond acceptors (Lipinski definition) is 5. The van der Waals surface area contributed by atoms with E-state index in [1.54, 1.807) is 18.1 Å². The first-order valence-electron chi connectivity index (χ1n) is 9.63. The van der Waals surface area contributed by atoms with Gasteiger partial charge in [0.05, 0.1) is 12.0 Å². The molecule has 2 aromatic rings. The molecule has 4 rings (SSSR count). The number of methoxy groups -OCH3 is 1. The average molecular weight is 413 g/mol. The highest BCUT2D eigenvalue weighted by Crippen LogP contribution is 2.24. The molecule has 0 spiro atoms. The second-order valence-corrected chi connectivity index (χ2v) is 8.28. The number of amides is 3. The number of nitrogens with zero attached hydrogens (tertiary/aromatic N) is 1. The maximum absolute atomic E-state index is 12.9. The summed E-state index contributed by atoms with van der Waals surface area (Å²) in [5, 5.41) is 7.72. The first kappa shape index (κ1) is 19.4. The number of carbonyl (C=O) groups excluding carboxylic acids is 3. The molecule has 7 nitrogen and oxygen atoms in total. The van der Waals surface area contributed by atoms with Crippen molar-refractivity contribution in [2.24, 2.45) is 0 Å². The van der Waals surface area contributed by atoms with Crippen LogP contribution in [0.15, 0.2) is 41.8 Å². The van der Waals surface area contributed by atoms with E-state index in [9.17, 15) is 14.4 Å². The van der Waals surface area contributed by atoms with Crippen LogP contribution in [0.25, 0.3) is 0 Å². The van der Waals surface area contributed by atoms with Gasteiger partial charge in [-0.2, -0.15) is 0 Å². The molecular weight excluding hydrogens is 390 g/mol. The maximum Gasteiger partial charge on any atom is 0.261 e. The largest absolute Gasteiger partial charge is 0.497 e. The highest BCUT2D eigenvalue weighted by atomic mass is 32.1. The van der Waals surface area contributed by atoms with Crippen molar-refractivity contribution in [3.05, 3.63) is 52.2 Å². The molecule has 0 unspecified atom stereocenters. The van der Waals surface area contributed by atoms with E-state index in [0.29, 0.717) is 30.7 Å². The normalized spacial score (nSPS) is 23.9. The highest BCUT2D eigenvalue weighted by Gasteiger charge is 2.44. The molecule has 29 heavy (non-hydrogen) atoms. The number of benzene rings is 1. The van der Waals surface area contributed by atoms with Gasteiger partial charge < -0.3 is 20.3 Å². The van der Waals surface area contributed by atoms with E-state index in [2.05, 4.69) is 10.6 Å². The maximum atomic E-state index is 12.9. The first-order chi connectivity index (χ1) is 14.0. The molecule has 3 amide bonds. The fourth-order valence-corrected chi connectivity index (χ4v) is 4.57. The number of rotatable bonds is 5. The van der Waals surface area contributed by atoms with Gasteiger partial charge in [0.1, 0.15) is 17.8 Å². The molecule has 1 aromatic heterocycles. The first-order valence-corrected chi connectivity index (χ1v) is 10.5. The van der Waals surface area contributed by atoms with Crippen LogP contribution in [0.2, 0.25) is 0 Å². The molecule has 2 aliphatic rings.